The van der Waals surface area contributed by atoms with Gasteiger partial charge in [-0.1, -0.05) is 12.1 Å². The Balaban J connectivity index is 1.45. The van der Waals surface area contributed by atoms with Crippen LogP contribution in [-0.4, -0.2) is 56.3 Å². The van der Waals surface area contributed by atoms with Crippen LogP contribution in [0.25, 0.3) is 0 Å². The van der Waals surface area contributed by atoms with Gasteiger partial charge >= 0.3 is 0 Å². The third-order valence-corrected chi connectivity index (χ3v) is 7.90. The Morgan fingerprint density at radius 3 is 2.52 bits per heavy atom. The molecule has 0 aliphatic carbocycles. The molecule has 0 bridgehead atoms. The third kappa shape index (κ3) is 4.49. The zero-order valence-corrected chi connectivity index (χ0v) is 18.4. The summed E-state index contributed by atoms with van der Waals surface area (Å²) in [4.78, 5) is 16.0. The molecule has 4 rings (SSSR count). The van der Waals surface area contributed by atoms with E-state index in [0.717, 1.165) is 36.3 Å². The van der Waals surface area contributed by atoms with E-state index in [2.05, 4.69) is 11.0 Å². The van der Waals surface area contributed by atoms with Crippen LogP contribution in [0.5, 0.6) is 0 Å². The molecule has 0 aromatic heterocycles. The van der Waals surface area contributed by atoms with Crippen molar-refractivity contribution < 1.29 is 13.2 Å². The third-order valence-electron chi connectivity index (χ3n) is 6.00. The van der Waals surface area contributed by atoms with Gasteiger partial charge in [-0.15, -0.1) is 0 Å². The highest BCUT2D eigenvalue weighted by Crippen LogP contribution is 2.31. The summed E-state index contributed by atoms with van der Waals surface area (Å²) in [5.41, 5.74) is 3.48. The molecule has 0 N–H and O–H groups in total. The fourth-order valence-electron chi connectivity index (χ4n) is 4.30. The molecule has 0 radical (unpaired) electrons. The van der Waals surface area contributed by atoms with Crippen molar-refractivity contribution in [1.82, 2.24) is 9.21 Å². The number of nitrogens with zero attached hydrogens (tertiary/aromatic N) is 4. The Morgan fingerprint density at radius 2 is 1.81 bits per heavy atom. The summed E-state index contributed by atoms with van der Waals surface area (Å²) in [7, 11) is -3.58. The SMILES string of the molecule is CC(=O)N1CCc2cc(S(=O)(=O)N3CCCN(Cc4ccc(C#N)cc4)CC3)ccc21. The van der Waals surface area contributed by atoms with E-state index >= 15 is 0 Å². The standard InChI is InChI=1S/C23H26N4O3S/c1-18(28)27-12-9-21-15-22(7-8-23(21)27)31(29,30)26-11-2-10-25(13-14-26)17-20-5-3-19(16-24)4-6-20/h3-8,15H,2,9-14,17H2,1H3. The van der Waals surface area contributed by atoms with Crippen LogP contribution < -0.4 is 4.90 Å². The number of benzene rings is 2. The van der Waals surface area contributed by atoms with E-state index in [1.807, 2.05) is 24.3 Å². The predicted molar refractivity (Wildman–Crippen MR) is 118 cm³/mol. The highest BCUT2D eigenvalue weighted by Gasteiger charge is 2.29. The lowest BCUT2D eigenvalue weighted by Crippen LogP contribution is -2.35. The van der Waals surface area contributed by atoms with Crippen LogP contribution in [-0.2, 0) is 27.8 Å². The van der Waals surface area contributed by atoms with Crippen LogP contribution in [0.3, 0.4) is 0 Å². The van der Waals surface area contributed by atoms with Crippen LogP contribution in [0.1, 0.15) is 30.0 Å². The summed E-state index contributed by atoms with van der Waals surface area (Å²) in [5.74, 6) is -0.0239. The number of hydrogen-bond donors (Lipinski definition) is 0. The molecule has 0 unspecified atom stereocenters. The molecule has 1 fully saturated rings. The number of hydrogen-bond acceptors (Lipinski definition) is 5. The molecule has 1 saturated heterocycles. The van der Waals surface area contributed by atoms with E-state index in [0.29, 0.717) is 43.1 Å². The first-order chi connectivity index (χ1) is 14.9. The first-order valence-electron chi connectivity index (χ1n) is 10.5. The average Bonchev–Trinajstić information content (AvgIpc) is 3.05. The number of nitriles is 1. The summed E-state index contributed by atoms with van der Waals surface area (Å²) >= 11 is 0. The zero-order valence-electron chi connectivity index (χ0n) is 17.6. The van der Waals surface area contributed by atoms with Gasteiger partial charge in [0.25, 0.3) is 0 Å². The molecular weight excluding hydrogens is 412 g/mol. The zero-order chi connectivity index (χ0) is 22.0. The van der Waals surface area contributed by atoms with Crippen molar-refractivity contribution in [3.63, 3.8) is 0 Å². The van der Waals surface area contributed by atoms with Crippen LogP contribution >= 0.6 is 0 Å². The van der Waals surface area contributed by atoms with E-state index in [9.17, 15) is 13.2 Å². The van der Waals surface area contributed by atoms with Gasteiger partial charge in [-0.3, -0.25) is 9.69 Å². The summed E-state index contributed by atoms with van der Waals surface area (Å²) < 4.78 is 28.1. The molecule has 0 spiro atoms. The quantitative estimate of drug-likeness (QED) is 0.732. The molecule has 162 valence electrons. The number of sulfonamides is 1. The number of carbonyl (C=O) groups excluding carboxylic acids is 1. The minimum absolute atomic E-state index is 0.0239. The lowest BCUT2D eigenvalue weighted by atomic mass is 10.1. The smallest absolute Gasteiger partial charge is 0.243 e. The van der Waals surface area contributed by atoms with E-state index in [4.69, 9.17) is 5.26 Å². The molecule has 2 aromatic rings. The number of rotatable bonds is 4. The summed E-state index contributed by atoms with van der Waals surface area (Å²) in [5, 5.41) is 8.94. The fourth-order valence-corrected chi connectivity index (χ4v) is 5.82. The molecule has 2 aliphatic heterocycles. The van der Waals surface area contributed by atoms with Crippen molar-refractivity contribution in [2.45, 2.75) is 31.2 Å². The Bertz CT molecular complexity index is 1120. The molecule has 8 heteroatoms. The van der Waals surface area contributed by atoms with Crippen LogP contribution in [0.2, 0.25) is 0 Å². The molecule has 7 nitrogen and oxygen atoms in total. The molecule has 0 atom stereocenters. The maximum Gasteiger partial charge on any atom is 0.243 e. The van der Waals surface area contributed by atoms with E-state index < -0.39 is 10.0 Å². The highest BCUT2D eigenvalue weighted by molar-refractivity contribution is 7.89. The van der Waals surface area contributed by atoms with E-state index in [1.165, 1.54) is 6.92 Å². The van der Waals surface area contributed by atoms with E-state index in [1.54, 1.807) is 27.4 Å². The Hall–Kier alpha value is -2.73. The molecular formula is C23H26N4O3S. The van der Waals surface area contributed by atoms with Crippen LogP contribution in [0, 0.1) is 11.3 Å². The van der Waals surface area contributed by atoms with Gasteiger partial charge in [0.15, 0.2) is 0 Å². The van der Waals surface area contributed by atoms with Gasteiger partial charge in [-0.25, -0.2) is 8.42 Å². The molecule has 2 heterocycles. The van der Waals surface area contributed by atoms with Crippen molar-refractivity contribution in [2.24, 2.45) is 0 Å². The monoisotopic (exact) mass is 438 g/mol. The summed E-state index contributed by atoms with van der Waals surface area (Å²) in [6.45, 7) is 5.27. The number of anilines is 1. The van der Waals surface area contributed by atoms with Gasteiger partial charge in [0.05, 0.1) is 16.5 Å². The van der Waals surface area contributed by atoms with Crippen molar-refractivity contribution >= 4 is 21.6 Å². The average molecular weight is 439 g/mol. The molecule has 2 aromatic carbocycles. The van der Waals surface area contributed by atoms with Crippen molar-refractivity contribution in [3.05, 3.63) is 59.2 Å². The maximum atomic E-state index is 13.3. The van der Waals surface area contributed by atoms with Gasteiger partial charge in [0, 0.05) is 45.3 Å². The molecule has 2 aliphatic rings. The van der Waals surface area contributed by atoms with Gasteiger partial charge in [-0.05, 0) is 60.8 Å². The van der Waals surface area contributed by atoms with Crippen LogP contribution in [0.4, 0.5) is 5.69 Å². The largest absolute Gasteiger partial charge is 0.312 e. The van der Waals surface area contributed by atoms with Crippen molar-refractivity contribution in [2.75, 3.05) is 37.6 Å². The first kappa shape index (κ1) is 21.5. The van der Waals surface area contributed by atoms with Gasteiger partial charge in [-0.2, -0.15) is 9.57 Å². The van der Waals surface area contributed by atoms with Crippen LogP contribution in [0.15, 0.2) is 47.4 Å². The van der Waals surface area contributed by atoms with Crippen molar-refractivity contribution in [3.8, 4) is 6.07 Å². The first-order valence-corrected chi connectivity index (χ1v) is 11.9. The number of amides is 1. The topological polar surface area (TPSA) is 84.7 Å². The number of carbonyl (C=O) groups is 1. The highest BCUT2D eigenvalue weighted by atomic mass is 32.2. The lowest BCUT2D eigenvalue weighted by molar-refractivity contribution is -0.116. The van der Waals surface area contributed by atoms with Gasteiger partial charge in [0.1, 0.15) is 0 Å². The second-order valence-electron chi connectivity index (χ2n) is 8.05. The second kappa shape index (κ2) is 8.79. The molecule has 1 amide bonds. The van der Waals surface area contributed by atoms with Gasteiger partial charge in [0.2, 0.25) is 15.9 Å². The summed E-state index contributed by atoms with van der Waals surface area (Å²) in [6, 6.07) is 14.8. The van der Waals surface area contributed by atoms with Crippen molar-refractivity contribution in [1.29, 1.82) is 5.26 Å². The number of fused-ring (bicyclic) bond motifs is 1. The van der Waals surface area contributed by atoms with E-state index in [-0.39, 0.29) is 5.91 Å². The normalized spacial score (nSPS) is 17.7. The maximum absolute atomic E-state index is 13.3. The lowest BCUT2D eigenvalue weighted by Gasteiger charge is -2.22. The molecule has 0 saturated carbocycles. The summed E-state index contributed by atoms with van der Waals surface area (Å²) in [6.07, 6.45) is 1.44. The minimum atomic E-state index is -3.58. The predicted octanol–water partition coefficient (Wildman–Crippen LogP) is 2.36. The minimum Gasteiger partial charge on any atom is -0.312 e. The Morgan fingerprint density at radius 1 is 1.03 bits per heavy atom. The Kier molecular flexibility index (Phi) is 6.10. The Labute approximate surface area is 183 Å². The second-order valence-corrected chi connectivity index (χ2v) is 9.99. The van der Waals surface area contributed by atoms with Gasteiger partial charge < -0.3 is 4.90 Å². The fraction of sp³-hybridized carbons (Fsp3) is 0.391. The molecule has 31 heavy (non-hydrogen) atoms.